The number of hydrogen-bond acceptors (Lipinski definition) is 4. The zero-order chi connectivity index (χ0) is 22.6. The van der Waals surface area contributed by atoms with E-state index in [9.17, 15) is 9.50 Å². The number of aromatic hydroxyl groups is 1. The fourth-order valence-corrected chi connectivity index (χ4v) is 5.06. The summed E-state index contributed by atoms with van der Waals surface area (Å²) in [7, 11) is 0. The van der Waals surface area contributed by atoms with Crippen molar-refractivity contribution in [1.29, 1.82) is 0 Å². The molecule has 0 aliphatic carbocycles. The first-order valence-electron chi connectivity index (χ1n) is 11.8. The van der Waals surface area contributed by atoms with Crippen molar-refractivity contribution in [3.63, 3.8) is 0 Å². The second kappa shape index (κ2) is 9.84. The number of likely N-dealkylation sites (tertiary alicyclic amines) is 1. The minimum atomic E-state index is -0.247. The lowest BCUT2D eigenvalue weighted by Crippen LogP contribution is -2.33. The fraction of sp³-hybridized carbons (Fsp3) is 0.357. The highest BCUT2D eigenvalue weighted by Crippen LogP contribution is 2.47. The van der Waals surface area contributed by atoms with Gasteiger partial charge in [0.25, 0.3) is 0 Å². The van der Waals surface area contributed by atoms with Gasteiger partial charge in [-0.2, -0.15) is 0 Å². The molecule has 1 fully saturated rings. The quantitative estimate of drug-likeness (QED) is 0.526. The Bertz CT molecular complexity index is 1060. The Balaban J connectivity index is 1.36. The molecule has 3 aromatic rings. The monoisotopic (exact) mass is 447 g/mol. The molecule has 4 nitrogen and oxygen atoms in total. The number of benzene rings is 3. The third kappa shape index (κ3) is 4.98. The Hall–Kier alpha value is -3.05. The predicted octanol–water partition coefficient (Wildman–Crippen LogP) is 5.70. The van der Waals surface area contributed by atoms with Gasteiger partial charge in [0, 0.05) is 30.0 Å². The molecule has 33 heavy (non-hydrogen) atoms. The van der Waals surface area contributed by atoms with Crippen LogP contribution in [0.3, 0.4) is 0 Å². The van der Waals surface area contributed by atoms with Gasteiger partial charge >= 0.3 is 0 Å². The third-order valence-electron chi connectivity index (χ3n) is 6.82. The lowest BCUT2D eigenvalue weighted by molar-refractivity contribution is 0.183. The van der Waals surface area contributed by atoms with Crippen molar-refractivity contribution < 1.29 is 19.0 Å². The summed E-state index contributed by atoms with van der Waals surface area (Å²) in [6.45, 7) is 4.46. The number of ether oxygens (including phenoxy) is 2. The molecule has 0 unspecified atom stereocenters. The summed E-state index contributed by atoms with van der Waals surface area (Å²) in [5.41, 5.74) is 3.19. The number of phenols is 1. The molecule has 172 valence electrons. The predicted molar refractivity (Wildman–Crippen MR) is 127 cm³/mol. The molecule has 0 saturated carbocycles. The van der Waals surface area contributed by atoms with Crippen LogP contribution in [0.15, 0.2) is 66.7 Å². The summed E-state index contributed by atoms with van der Waals surface area (Å²) in [6.07, 6.45) is 3.91. The Kier molecular flexibility index (Phi) is 6.49. The largest absolute Gasteiger partial charge is 0.508 e. The molecule has 5 rings (SSSR count). The summed E-state index contributed by atoms with van der Waals surface area (Å²) < 4.78 is 25.6. The topological polar surface area (TPSA) is 41.9 Å². The average molecular weight is 448 g/mol. The summed E-state index contributed by atoms with van der Waals surface area (Å²) in [4.78, 5) is 2.47. The molecule has 0 spiro atoms. The molecule has 2 aliphatic heterocycles. The minimum Gasteiger partial charge on any atom is -0.508 e. The Morgan fingerprint density at radius 3 is 2.39 bits per heavy atom. The van der Waals surface area contributed by atoms with Crippen molar-refractivity contribution in [1.82, 2.24) is 4.90 Å². The van der Waals surface area contributed by atoms with Gasteiger partial charge in [-0.25, -0.2) is 4.39 Å². The maximum atomic E-state index is 13.5. The van der Waals surface area contributed by atoms with E-state index in [1.165, 1.54) is 44.5 Å². The Morgan fingerprint density at radius 1 is 0.909 bits per heavy atom. The van der Waals surface area contributed by atoms with Gasteiger partial charge in [-0.1, -0.05) is 36.8 Å². The number of nitrogens with zero attached hydrogens (tertiary/aromatic N) is 1. The maximum Gasteiger partial charge on any atom is 0.126 e. The van der Waals surface area contributed by atoms with Gasteiger partial charge in [0.05, 0.1) is 6.61 Å². The number of phenolic OH excluding ortho intramolecular Hbond substituents is 1. The van der Waals surface area contributed by atoms with Gasteiger partial charge in [-0.05, 0) is 67.4 Å². The van der Waals surface area contributed by atoms with E-state index in [0.717, 1.165) is 29.0 Å². The molecule has 5 heteroatoms. The maximum absolute atomic E-state index is 13.5. The number of piperidine rings is 1. The van der Waals surface area contributed by atoms with Crippen LogP contribution < -0.4 is 9.47 Å². The zero-order valence-corrected chi connectivity index (χ0v) is 18.8. The van der Waals surface area contributed by atoms with Crippen LogP contribution in [0.5, 0.6) is 17.2 Å². The van der Waals surface area contributed by atoms with Crippen LogP contribution in [0.2, 0.25) is 0 Å². The number of rotatable bonds is 6. The second-order valence-corrected chi connectivity index (χ2v) is 8.99. The van der Waals surface area contributed by atoms with Crippen molar-refractivity contribution >= 4 is 0 Å². The standard InChI is InChI=1S/C28H30FNO3/c29-22-8-4-20(5-9-22)26-19-33-27-18-23(31)10-13-25(27)28(26)21-6-11-24(12-7-21)32-17-16-30-14-2-1-3-15-30/h4-13,18,26,28,31H,1-3,14-17,19H2/t26-,28-/m0/s1. The lowest BCUT2D eigenvalue weighted by Gasteiger charge is -2.34. The highest BCUT2D eigenvalue weighted by atomic mass is 19.1. The van der Waals surface area contributed by atoms with Gasteiger partial charge < -0.3 is 14.6 Å². The number of halogens is 1. The molecule has 1 saturated heterocycles. The molecule has 2 atom stereocenters. The summed E-state index contributed by atoms with van der Waals surface area (Å²) >= 11 is 0. The lowest BCUT2D eigenvalue weighted by atomic mass is 9.76. The summed E-state index contributed by atoms with van der Waals surface area (Å²) in [5, 5.41) is 9.93. The van der Waals surface area contributed by atoms with Gasteiger partial charge in [0.15, 0.2) is 0 Å². The van der Waals surface area contributed by atoms with Gasteiger partial charge in [-0.15, -0.1) is 0 Å². The van der Waals surface area contributed by atoms with Crippen LogP contribution in [0.1, 0.15) is 47.8 Å². The molecule has 0 amide bonds. The van der Waals surface area contributed by atoms with E-state index < -0.39 is 0 Å². The van der Waals surface area contributed by atoms with Crippen LogP contribution in [0.25, 0.3) is 0 Å². The van der Waals surface area contributed by atoms with E-state index in [-0.39, 0.29) is 23.4 Å². The molecular weight excluding hydrogens is 417 g/mol. The Labute approximate surface area is 194 Å². The fourth-order valence-electron chi connectivity index (χ4n) is 5.06. The van der Waals surface area contributed by atoms with Crippen LogP contribution in [0, 0.1) is 5.82 Å². The first-order chi connectivity index (χ1) is 16.2. The van der Waals surface area contributed by atoms with E-state index in [4.69, 9.17) is 9.47 Å². The van der Waals surface area contributed by atoms with Crippen LogP contribution >= 0.6 is 0 Å². The zero-order valence-electron chi connectivity index (χ0n) is 18.8. The van der Waals surface area contributed by atoms with Crippen molar-refractivity contribution in [2.75, 3.05) is 32.8 Å². The van der Waals surface area contributed by atoms with Gasteiger partial charge in [0.2, 0.25) is 0 Å². The number of hydrogen-bond donors (Lipinski definition) is 1. The molecule has 0 bridgehead atoms. The summed E-state index contributed by atoms with van der Waals surface area (Å²) in [5.74, 6) is 1.57. The normalized spacial score (nSPS) is 20.6. The van der Waals surface area contributed by atoms with E-state index in [0.29, 0.717) is 19.0 Å². The van der Waals surface area contributed by atoms with E-state index in [2.05, 4.69) is 17.0 Å². The average Bonchev–Trinajstić information content (AvgIpc) is 2.85. The Morgan fingerprint density at radius 2 is 1.64 bits per heavy atom. The van der Waals surface area contributed by atoms with Crippen molar-refractivity contribution in [2.24, 2.45) is 0 Å². The highest BCUT2D eigenvalue weighted by molar-refractivity contribution is 5.50. The first-order valence-corrected chi connectivity index (χ1v) is 11.8. The molecular formula is C28H30FNO3. The van der Waals surface area contributed by atoms with Crippen LogP contribution in [-0.2, 0) is 0 Å². The second-order valence-electron chi connectivity index (χ2n) is 8.99. The van der Waals surface area contributed by atoms with Crippen LogP contribution in [0.4, 0.5) is 4.39 Å². The van der Waals surface area contributed by atoms with Gasteiger partial charge in [0.1, 0.15) is 29.7 Å². The number of fused-ring (bicyclic) bond motifs is 1. The van der Waals surface area contributed by atoms with Gasteiger partial charge in [-0.3, -0.25) is 4.90 Å². The molecule has 1 N–H and O–H groups in total. The summed E-state index contributed by atoms with van der Waals surface area (Å²) in [6, 6.07) is 20.2. The molecule has 2 heterocycles. The van der Waals surface area contributed by atoms with Crippen LogP contribution in [-0.4, -0.2) is 42.9 Å². The van der Waals surface area contributed by atoms with Crippen molar-refractivity contribution in [2.45, 2.75) is 31.1 Å². The van der Waals surface area contributed by atoms with Crippen molar-refractivity contribution in [3.05, 3.63) is 89.2 Å². The highest BCUT2D eigenvalue weighted by Gasteiger charge is 2.33. The third-order valence-corrected chi connectivity index (χ3v) is 6.82. The minimum absolute atomic E-state index is 0.0298. The first kappa shape index (κ1) is 21.8. The molecule has 3 aromatic carbocycles. The molecule has 0 aromatic heterocycles. The molecule has 2 aliphatic rings. The SMILES string of the molecule is Oc1ccc2c(c1)OC[C@@H](c1ccc(F)cc1)[C@H]2c1ccc(OCCN2CCCCC2)cc1. The van der Waals surface area contributed by atoms with Crippen molar-refractivity contribution in [3.8, 4) is 17.2 Å². The molecule has 0 radical (unpaired) electrons. The van der Waals surface area contributed by atoms with E-state index >= 15 is 0 Å². The smallest absolute Gasteiger partial charge is 0.126 e. The van der Waals surface area contributed by atoms with E-state index in [1.54, 1.807) is 12.1 Å². The van der Waals surface area contributed by atoms with E-state index in [1.807, 2.05) is 30.3 Å².